The highest BCUT2D eigenvalue weighted by Gasteiger charge is 2.35. The van der Waals surface area contributed by atoms with Crippen molar-refractivity contribution < 1.29 is 18.9 Å². The Hall–Kier alpha value is -0.200. The molecule has 1 saturated heterocycles. The van der Waals surface area contributed by atoms with Crippen LogP contribution in [0.15, 0.2) is 0 Å². The van der Waals surface area contributed by atoms with E-state index in [1.54, 1.807) is 0 Å². The van der Waals surface area contributed by atoms with E-state index in [0.29, 0.717) is 25.0 Å². The van der Waals surface area contributed by atoms with Crippen LogP contribution in [0.3, 0.4) is 0 Å². The van der Waals surface area contributed by atoms with Crippen molar-refractivity contribution in [2.45, 2.75) is 65.8 Å². The van der Waals surface area contributed by atoms with Crippen molar-refractivity contribution >= 4 is 0 Å². The molecule has 0 bridgehead atoms. The number of hydrogen-bond acceptors (Lipinski definition) is 5. The van der Waals surface area contributed by atoms with Crippen LogP contribution in [0.1, 0.15) is 48.5 Å². The molecule has 1 aliphatic heterocycles. The van der Waals surface area contributed by atoms with Gasteiger partial charge in [-0.05, 0) is 48.6 Å². The fourth-order valence-electron chi connectivity index (χ4n) is 3.06. The average Bonchev–Trinajstić information content (AvgIpc) is 2.44. The molecule has 0 aromatic rings. The second-order valence-corrected chi connectivity index (χ2v) is 9.31. The number of likely N-dealkylation sites (N-methyl/N-ethyl adjacent to an activating group) is 1. The van der Waals surface area contributed by atoms with Gasteiger partial charge in [0.1, 0.15) is 0 Å². The predicted molar refractivity (Wildman–Crippen MR) is 102 cm³/mol. The van der Waals surface area contributed by atoms with Crippen molar-refractivity contribution in [2.75, 3.05) is 53.2 Å². The molecule has 150 valence electrons. The topological polar surface area (TPSA) is 40.2 Å². The van der Waals surface area contributed by atoms with Crippen molar-refractivity contribution in [3.63, 3.8) is 0 Å². The molecule has 0 radical (unpaired) electrons. The van der Waals surface area contributed by atoms with E-state index in [1.807, 2.05) is 0 Å². The lowest BCUT2D eigenvalue weighted by Gasteiger charge is -2.41. The maximum Gasteiger partial charge on any atom is 0.0707 e. The van der Waals surface area contributed by atoms with Crippen LogP contribution in [0.4, 0.5) is 0 Å². The van der Waals surface area contributed by atoms with E-state index in [4.69, 9.17) is 18.9 Å². The van der Waals surface area contributed by atoms with Gasteiger partial charge in [-0.25, -0.2) is 0 Å². The standard InChI is InChI=1S/C20H41NO4/c1-16-14-23-15-17(18(16)25-20(5,6)7)13-21(8)9-10-22-11-12-24-19(2,3)4/h16-18H,9-15H2,1-8H3. The molecule has 0 aromatic carbocycles. The van der Waals surface area contributed by atoms with Crippen molar-refractivity contribution in [3.8, 4) is 0 Å². The van der Waals surface area contributed by atoms with Crippen LogP contribution in [0.2, 0.25) is 0 Å². The summed E-state index contributed by atoms with van der Waals surface area (Å²) in [4.78, 5) is 2.32. The highest BCUT2D eigenvalue weighted by molar-refractivity contribution is 4.83. The summed E-state index contributed by atoms with van der Waals surface area (Å²) in [5, 5.41) is 0. The van der Waals surface area contributed by atoms with E-state index < -0.39 is 0 Å². The fourth-order valence-corrected chi connectivity index (χ4v) is 3.06. The molecule has 0 amide bonds. The Kier molecular flexibility index (Phi) is 9.33. The first-order valence-corrected chi connectivity index (χ1v) is 9.64. The minimum absolute atomic E-state index is 0.0973. The molecule has 5 heteroatoms. The van der Waals surface area contributed by atoms with Crippen LogP contribution in [0, 0.1) is 11.8 Å². The summed E-state index contributed by atoms with van der Waals surface area (Å²) >= 11 is 0. The molecule has 25 heavy (non-hydrogen) atoms. The van der Waals surface area contributed by atoms with E-state index in [1.165, 1.54) is 0 Å². The molecule has 0 spiro atoms. The zero-order chi connectivity index (χ0) is 19.1. The molecule has 1 heterocycles. The molecule has 1 rings (SSSR count). The summed E-state index contributed by atoms with van der Waals surface area (Å²) in [6, 6.07) is 0. The van der Waals surface area contributed by atoms with Gasteiger partial charge in [-0.15, -0.1) is 0 Å². The highest BCUT2D eigenvalue weighted by atomic mass is 16.5. The van der Waals surface area contributed by atoms with Crippen LogP contribution in [0.5, 0.6) is 0 Å². The van der Waals surface area contributed by atoms with E-state index in [0.717, 1.165) is 32.9 Å². The average molecular weight is 360 g/mol. The van der Waals surface area contributed by atoms with Gasteiger partial charge in [0, 0.05) is 24.9 Å². The van der Waals surface area contributed by atoms with Gasteiger partial charge in [0.2, 0.25) is 0 Å². The van der Waals surface area contributed by atoms with Crippen molar-refractivity contribution in [3.05, 3.63) is 0 Å². The largest absolute Gasteiger partial charge is 0.381 e. The van der Waals surface area contributed by atoms with E-state index in [9.17, 15) is 0 Å². The number of nitrogens with zero attached hydrogens (tertiary/aromatic N) is 1. The summed E-state index contributed by atoms with van der Waals surface area (Å²) in [5.74, 6) is 0.828. The van der Waals surface area contributed by atoms with Crippen molar-refractivity contribution in [1.29, 1.82) is 0 Å². The summed E-state index contributed by atoms with van der Waals surface area (Å²) in [7, 11) is 2.14. The van der Waals surface area contributed by atoms with Crippen molar-refractivity contribution in [2.24, 2.45) is 11.8 Å². The minimum atomic E-state index is -0.122. The third-order valence-corrected chi connectivity index (χ3v) is 4.15. The lowest BCUT2D eigenvalue weighted by Crippen LogP contribution is -2.48. The number of ether oxygens (including phenoxy) is 4. The molecule has 3 atom stereocenters. The van der Waals surface area contributed by atoms with Gasteiger partial charge in [-0.3, -0.25) is 0 Å². The maximum atomic E-state index is 6.34. The Morgan fingerprint density at radius 2 is 1.64 bits per heavy atom. The molecule has 5 nitrogen and oxygen atoms in total. The maximum absolute atomic E-state index is 6.34. The smallest absolute Gasteiger partial charge is 0.0707 e. The quantitative estimate of drug-likeness (QED) is 0.591. The summed E-state index contributed by atoms with van der Waals surface area (Å²) < 4.78 is 23.5. The Morgan fingerprint density at radius 1 is 0.960 bits per heavy atom. The Balaban J connectivity index is 2.30. The lowest BCUT2D eigenvalue weighted by atomic mass is 9.89. The van der Waals surface area contributed by atoms with Gasteiger partial charge < -0.3 is 23.8 Å². The van der Waals surface area contributed by atoms with Crippen LogP contribution < -0.4 is 0 Å². The van der Waals surface area contributed by atoms with Crippen LogP contribution >= 0.6 is 0 Å². The third kappa shape index (κ3) is 10.5. The van der Waals surface area contributed by atoms with Gasteiger partial charge >= 0.3 is 0 Å². The Morgan fingerprint density at radius 3 is 2.24 bits per heavy atom. The van der Waals surface area contributed by atoms with Gasteiger partial charge in [-0.2, -0.15) is 0 Å². The Bertz CT molecular complexity index is 362. The van der Waals surface area contributed by atoms with Gasteiger partial charge in [-0.1, -0.05) is 6.92 Å². The van der Waals surface area contributed by atoms with Gasteiger partial charge in [0.25, 0.3) is 0 Å². The predicted octanol–water partition coefficient (Wildman–Crippen LogP) is 3.22. The molecule has 1 fully saturated rings. The number of rotatable bonds is 9. The second kappa shape index (κ2) is 10.2. The summed E-state index contributed by atoms with van der Waals surface area (Å²) in [6.07, 6.45) is 0.248. The van der Waals surface area contributed by atoms with Crippen LogP contribution in [0.25, 0.3) is 0 Å². The fraction of sp³-hybridized carbons (Fsp3) is 1.00. The van der Waals surface area contributed by atoms with Gasteiger partial charge in [0.05, 0.1) is 50.3 Å². The van der Waals surface area contributed by atoms with Crippen molar-refractivity contribution in [1.82, 2.24) is 4.90 Å². The molecule has 0 saturated carbocycles. The first-order valence-electron chi connectivity index (χ1n) is 9.64. The van der Waals surface area contributed by atoms with Crippen LogP contribution in [-0.4, -0.2) is 75.4 Å². The minimum Gasteiger partial charge on any atom is -0.381 e. The highest BCUT2D eigenvalue weighted by Crippen LogP contribution is 2.28. The normalized spacial score (nSPS) is 25.6. The molecule has 0 aromatic heterocycles. The van der Waals surface area contributed by atoms with Crippen LogP contribution in [-0.2, 0) is 18.9 Å². The first kappa shape index (κ1) is 22.8. The SMILES string of the molecule is CC1COCC(CN(C)CCOCCOC(C)(C)C)C1OC(C)(C)C. The monoisotopic (exact) mass is 359 g/mol. The zero-order valence-electron chi connectivity index (χ0n) is 17.8. The molecule has 0 N–H and O–H groups in total. The van der Waals surface area contributed by atoms with E-state index in [2.05, 4.69) is 60.4 Å². The number of hydrogen-bond donors (Lipinski definition) is 0. The second-order valence-electron chi connectivity index (χ2n) is 9.31. The zero-order valence-corrected chi connectivity index (χ0v) is 17.8. The molecular weight excluding hydrogens is 318 g/mol. The lowest BCUT2D eigenvalue weighted by molar-refractivity contribution is -0.160. The summed E-state index contributed by atoms with van der Waals surface area (Å²) in [6.45, 7) is 20.2. The van der Waals surface area contributed by atoms with E-state index in [-0.39, 0.29) is 17.3 Å². The third-order valence-electron chi connectivity index (χ3n) is 4.15. The first-order chi connectivity index (χ1) is 11.5. The molecule has 3 unspecified atom stereocenters. The molecule has 1 aliphatic rings. The molecular formula is C20H41NO4. The molecule has 0 aliphatic carbocycles. The summed E-state index contributed by atoms with van der Waals surface area (Å²) in [5.41, 5.74) is -0.219. The van der Waals surface area contributed by atoms with E-state index >= 15 is 0 Å². The Labute approximate surface area is 155 Å². The van der Waals surface area contributed by atoms with Gasteiger partial charge in [0.15, 0.2) is 0 Å².